The highest BCUT2D eigenvalue weighted by Gasteiger charge is 2.23. The third-order valence-electron chi connectivity index (χ3n) is 2.96. The number of hydrogen-bond donors (Lipinski definition) is 2. The van der Waals surface area contributed by atoms with Gasteiger partial charge in [0.2, 0.25) is 0 Å². The number of hydrazine groups is 1. The van der Waals surface area contributed by atoms with Crippen molar-refractivity contribution in [1.29, 1.82) is 0 Å². The molecule has 0 saturated carbocycles. The molecule has 3 nitrogen and oxygen atoms in total. The largest absolute Gasteiger partial charge is 0.497 e. The second-order valence-electron chi connectivity index (χ2n) is 4.13. The van der Waals surface area contributed by atoms with Gasteiger partial charge in [-0.05, 0) is 45.8 Å². The molecule has 1 unspecified atom stereocenters. The van der Waals surface area contributed by atoms with Crippen LogP contribution in [0.3, 0.4) is 0 Å². The van der Waals surface area contributed by atoms with Crippen LogP contribution in [-0.2, 0) is 0 Å². The Bertz CT molecular complexity index is 622. The monoisotopic (exact) mass is 342 g/mol. The predicted octanol–water partition coefficient (Wildman–Crippen LogP) is 3.29. The van der Waals surface area contributed by atoms with Crippen LogP contribution in [0, 0.1) is 11.6 Å². The number of hydrogen-bond acceptors (Lipinski definition) is 3. The molecule has 0 bridgehead atoms. The summed E-state index contributed by atoms with van der Waals surface area (Å²) in [6, 6.07) is 8.54. The predicted molar refractivity (Wildman–Crippen MR) is 76.2 cm³/mol. The van der Waals surface area contributed by atoms with Crippen LogP contribution in [0.5, 0.6) is 5.75 Å². The summed E-state index contributed by atoms with van der Waals surface area (Å²) < 4.78 is 33.4. The van der Waals surface area contributed by atoms with Crippen molar-refractivity contribution < 1.29 is 13.5 Å². The molecule has 0 aliphatic carbocycles. The molecule has 0 fully saturated rings. The molecule has 2 aromatic carbocycles. The topological polar surface area (TPSA) is 47.3 Å². The summed E-state index contributed by atoms with van der Waals surface area (Å²) in [6.45, 7) is 0. The van der Waals surface area contributed by atoms with E-state index in [0.717, 1.165) is 0 Å². The van der Waals surface area contributed by atoms with Crippen molar-refractivity contribution in [3.05, 3.63) is 63.6 Å². The van der Waals surface area contributed by atoms with E-state index in [-0.39, 0.29) is 10.0 Å². The molecule has 6 heteroatoms. The van der Waals surface area contributed by atoms with Gasteiger partial charge >= 0.3 is 0 Å². The molecule has 2 rings (SSSR count). The summed E-state index contributed by atoms with van der Waals surface area (Å²) in [5.41, 5.74) is 2.89. The molecule has 0 saturated heterocycles. The zero-order valence-electron chi connectivity index (χ0n) is 10.7. The fourth-order valence-electron chi connectivity index (χ4n) is 1.97. The first-order chi connectivity index (χ1) is 9.58. The van der Waals surface area contributed by atoms with Crippen molar-refractivity contribution in [3.8, 4) is 5.75 Å². The average molecular weight is 343 g/mol. The van der Waals surface area contributed by atoms with Gasteiger partial charge in [-0.25, -0.2) is 14.2 Å². The number of halogens is 3. The summed E-state index contributed by atoms with van der Waals surface area (Å²) >= 11 is 3.04. The Labute approximate surface area is 123 Å². The van der Waals surface area contributed by atoms with Gasteiger partial charge in [-0.15, -0.1) is 0 Å². The molecule has 20 heavy (non-hydrogen) atoms. The minimum atomic E-state index is -0.817. The van der Waals surface area contributed by atoms with Crippen LogP contribution in [0.1, 0.15) is 17.2 Å². The van der Waals surface area contributed by atoms with Crippen LogP contribution in [-0.4, -0.2) is 7.11 Å². The lowest BCUT2D eigenvalue weighted by Crippen LogP contribution is -2.30. The summed E-state index contributed by atoms with van der Waals surface area (Å²) in [6.07, 6.45) is 0. The van der Waals surface area contributed by atoms with E-state index >= 15 is 0 Å². The van der Waals surface area contributed by atoms with Crippen LogP contribution in [0.2, 0.25) is 0 Å². The normalized spacial score (nSPS) is 12.2. The lowest BCUT2D eigenvalue weighted by atomic mass is 9.98. The third-order valence-corrected chi connectivity index (χ3v) is 3.57. The van der Waals surface area contributed by atoms with Crippen molar-refractivity contribution in [2.45, 2.75) is 6.04 Å². The van der Waals surface area contributed by atoms with E-state index in [0.29, 0.717) is 11.3 Å². The second-order valence-corrected chi connectivity index (χ2v) is 4.99. The molecule has 1 atom stereocenters. The molecule has 0 spiro atoms. The number of nitrogens with two attached hydrogens (primary N) is 1. The molecular weight excluding hydrogens is 330 g/mol. The maximum absolute atomic E-state index is 14.2. The van der Waals surface area contributed by atoms with Gasteiger partial charge in [0.1, 0.15) is 17.4 Å². The molecular formula is C14H13BrF2N2O. The van der Waals surface area contributed by atoms with Crippen LogP contribution >= 0.6 is 15.9 Å². The fraction of sp³-hybridized carbons (Fsp3) is 0.143. The van der Waals surface area contributed by atoms with Gasteiger partial charge in [-0.3, -0.25) is 5.84 Å². The standard InChI is InChI=1S/C14H13BrF2N2O/c1-20-9-4-2-3-8(7-9)14(19-18)12-11(16)6-5-10(15)13(12)17/h2-7,14,19H,18H2,1H3. The van der Waals surface area contributed by atoms with Crippen molar-refractivity contribution in [1.82, 2.24) is 5.43 Å². The van der Waals surface area contributed by atoms with E-state index in [2.05, 4.69) is 21.4 Å². The van der Waals surface area contributed by atoms with Gasteiger partial charge < -0.3 is 4.74 Å². The minimum absolute atomic E-state index is 0.143. The van der Waals surface area contributed by atoms with Crippen LogP contribution in [0.25, 0.3) is 0 Å². The summed E-state index contributed by atoms with van der Waals surface area (Å²) in [4.78, 5) is 0. The van der Waals surface area contributed by atoms with E-state index in [1.165, 1.54) is 19.2 Å². The molecule has 3 N–H and O–H groups in total. The Hall–Kier alpha value is -1.50. The molecule has 0 aliphatic rings. The second kappa shape index (κ2) is 6.30. The smallest absolute Gasteiger partial charge is 0.145 e. The van der Waals surface area contributed by atoms with E-state index in [1.54, 1.807) is 24.3 Å². The highest BCUT2D eigenvalue weighted by molar-refractivity contribution is 9.10. The van der Waals surface area contributed by atoms with Crippen LogP contribution in [0.15, 0.2) is 40.9 Å². The highest BCUT2D eigenvalue weighted by Crippen LogP contribution is 2.31. The van der Waals surface area contributed by atoms with Gasteiger partial charge in [0.05, 0.1) is 17.6 Å². The zero-order chi connectivity index (χ0) is 14.7. The number of ether oxygens (including phenoxy) is 1. The van der Waals surface area contributed by atoms with Crippen molar-refractivity contribution >= 4 is 15.9 Å². The molecule has 0 amide bonds. The van der Waals surface area contributed by atoms with Crippen LogP contribution in [0.4, 0.5) is 8.78 Å². The Kier molecular flexibility index (Phi) is 4.69. The first kappa shape index (κ1) is 14.9. The first-order valence-corrected chi connectivity index (χ1v) is 6.61. The Morgan fingerprint density at radius 1 is 1.25 bits per heavy atom. The number of benzene rings is 2. The Balaban J connectivity index is 2.55. The van der Waals surface area contributed by atoms with Gasteiger partial charge in [-0.2, -0.15) is 0 Å². The van der Waals surface area contributed by atoms with Crippen molar-refractivity contribution in [3.63, 3.8) is 0 Å². The molecule has 2 aromatic rings. The van der Waals surface area contributed by atoms with Gasteiger partial charge in [0.25, 0.3) is 0 Å². The summed E-state index contributed by atoms with van der Waals surface area (Å²) in [5, 5.41) is 0. The molecule has 106 valence electrons. The highest BCUT2D eigenvalue weighted by atomic mass is 79.9. The first-order valence-electron chi connectivity index (χ1n) is 5.82. The third kappa shape index (κ3) is 2.82. The minimum Gasteiger partial charge on any atom is -0.497 e. The summed E-state index contributed by atoms with van der Waals surface area (Å²) in [7, 11) is 1.52. The SMILES string of the molecule is COc1cccc(C(NN)c2c(F)ccc(Br)c2F)c1. The van der Waals surface area contributed by atoms with E-state index in [9.17, 15) is 8.78 Å². The average Bonchev–Trinajstić information content (AvgIpc) is 2.47. The van der Waals surface area contributed by atoms with E-state index in [1.807, 2.05) is 0 Å². The van der Waals surface area contributed by atoms with E-state index in [4.69, 9.17) is 10.6 Å². The molecule has 0 aliphatic heterocycles. The van der Waals surface area contributed by atoms with Crippen molar-refractivity contribution in [2.24, 2.45) is 5.84 Å². The van der Waals surface area contributed by atoms with Crippen LogP contribution < -0.4 is 16.0 Å². The number of rotatable bonds is 4. The summed E-state index contributed by atoms with van der Waals surface area (Å²) in [5.74, 6) is 4.70. The van der Waals surface area contributed by atoms with Gasteiger partial charge in [-0.1, -0.05) is 12.1 Å². The van der Waals surface area contributed by atoms with Gasteiger partial charge in [0.15, 0.2) is 0 Å². The maximum Gasteiger partial charge on any atom is 0.145 e. The maximum atomic E-state index is 14.2. The molecule has 0 aromatic heterocycles. The zero-order valence-corrected chi connectivity index (χ0v) is 12.2. The Morgan fingerprint density at radius 2 is 2.00 bits per heavy atom. The van der Waals surface area contributed by atoms with Crippen molar-refractivity contribution in [2.75, 3.05) is 7.11 Å². The lowest BCUT2D eigenvalue weighted by Gasteiger charge is -2.19. The number of nitrogens with one attached hydrogen (secondary N) is 1. The Morgan fingerprint density at radius 3 is 2.65 bits per heavy atom. The van der Waals surface area contributed by atoms with Gasteiger partial charge in [0, 0.05) is 5.56 Å². The quantitative estimate of drug-likeness (QED) is 0.509. The molecule has 0 radical (unpaired) electrons. The molecule has 0 heterocycles. The lowest BCUT2D eigenvalue weighted by molar-refractivity contribution is 0.413. The number of methoxy groups -OCH3 is 1. The van der Waals surface area contributed by atoms with E-state index < -0.39 is 17.7 Å². The fourth-order valence-corrected chi connectivity index (χ4v) is 2.32.